The molecule has 1 aliphatic heterocycles. The van der Waals surface area contributed by atoms with Gasteiger partial charge in [0, 0.05) is 61.0 Å². The molecule has 0 saturated carbocycles. The largest absolute Gasteiger partial charge is 0.394 e. The molecule has 0 aliphatic carbocycles. The number of aliphatic hydroxyl groups excluding tert-OH is 1. The minimum Gasteiger partial charge on any atom is -0.394 e. The molecule has 33 heavy (non-hydrogen) atoms. The molecule has 0 bridgehead atoms. The van der Waals surface area contributed by atoms with Crippen LogP contribution in [0.2, 0.25) is 0 Å². The molecule has 1 aliphatic rings. The van der Waals surface area contributed by atoms with Gasteiger partial charge in [0.1, 0.15) is 5.82 Å². The van der Waals surface area contributed by atoms with Gasteiger partial charge in [-0.3, -0.25) is 14.4 Å². The lowest BCUT2D eigenvalue weighted by molar-refractivity contribution is 0.0942. The molecule has 0 fully saturated rings. The summed E-state index contributed by atoms with van der Waals surface area (Å²) in [7, 11) is 0. The lowest BCUT2D eigenvalue weighted by Gasteiger charge is -2.27. The molecule has 0 unspecified atom stereocenters. The number of aromatic nitrogens is 3. The van der Waals surface area contributed by atoms with E-state index in [0.717, 1.165) is 41.8 Å². The zero-order valence-corrected chi connectivity index (χ0v) is 18.2. The molecule has 3 heterocycles. The molecule has 4 aromatic rings. The second-order valence-corrected chi connectivity index (χ2v) is 8.35. The number of carbonyl (C=O) groups excluding carboxylic acids is 1. The van der Waals surface area contributed by atoms with Crippen molar-refractivity contribution in [2.75, 3.05) is 13.2 Å². The van der Waals surface area contributed by atoms with E-state index in [-0.39, 0.29) is 18.3 Å². The number of benzene rings is 2. The molecule has 0 spiro atoms. The van der Waals surface area contributed by atoms with E-state index in [1.54, 1.807) is 16.8 Å². The SMILES string of the molecule is O=C(NCc1ccc(F)cc1)c1nn(CCO)c2c1CN(Cc1c[nH]c3ccccc13)CC2. The summed E-state index contributed by atoms with van der Waals surface area (Å²) in [5.41, 5.74) is 5.46. The van der Waals surface area contributed by atoms with E-state index in [2.05, 4.69) is 32.4 Å². The fourth-order valence-corrected chi connectivity index (χ4v) is 4.52. The molecule has 2 aromatic carbocycles. The zero-order chi connectivity index (χ0) is 22.8. The van der Waals surface area contributed by atoms with Crippen molar-refractivity contribution in [1.29, 1.82) is 0 Å². The highest BCUT2D eigenvalue weighted by Gasteiger charge is 2.28. The van der Waals surface area contributed by atoms with E-state index < -0.39 is 0 Å². The molecule has 3 N–H and O–H groups in total. The molecule has 2 aromatic heterocycles. The van der Waals surface area contributed by atoms with E-state index in [1.165, 1.54) is 23.1 Å². The Morgan fingerprint density at radius 1 is 1.18 bits per heavy atom. The number of para-hydroxylation sites is 1. The number of aliphatic hydroxyl groups is 1. The Labute approximate surface area is 190 Å². The van der Waals surface area contributed by atoms with Gasteiger partial charge in [0.25, 0.3) is 5.91 Å². The molecule has 5 rings (SSSR count). The van der Waals surface area contributed by atoms with E-state index in [1.807, 2.05) is 18.3 Å². The Hall–Kier alpha value is -3.49. The topological polar surface area (TPSA) is 86.2 Å². The number of halogens is 1. The number of amides is 1. The molecule has 0 atom stereocenters. The van der Waals surface area contributed by atoms with Crippen LogP contribution in [-0.4, -0.2) is 43.8 Å². The van der Waals surface area contributed by atoms with Gasteiger partial charge in [-0.15, -0.1) is 0 Å². The Kier molecular flexibility index (Phi) is 5.93. The van der Waals surface area contributed by atoms with Crippen LogP contribution in [0.25, 0.3) is 10.9 Å². The van der Waals surface area contributed by atoms with Crippen molar-refractivity contribution in [2.24, 2.45) is 0 Å². The maximum atomic E-state index is 13.1. The summed E-state index contributed by atoms with van der Waals surface area (Å²) in [5, 5.41) is 18.1. The van der Waals surface area contributed by atoms with Crippen molar-refractivity contribution >= 4 is 16.8 Å². The van der Waals surface area contributed by atoms with Crippen molar-refractivity contribution in [2.45, 2.75) is 32.6 Å². The van der Waals surface area contributed by atoms with Crippen molar-refractivity contribution in [3.63, 3.8) is 0 Å². The van der Waals surface area contributed by atoms with Crippen molar-refractivity contribution < 1.29 is 14.3 Å². The summed E-state index contributed by atoms with van der Waals surface area (Å²) in [5.74, 6) is -0.571. The predicted molar refractivity (Wildman–Crippen MR) is 123 cm³/mol. The quantitative estimate of drug-likeness (QED) is 0.407. The Morgan fingerprint density at radius 2 is 2.00 bits per heavy atom. The third-order valence-corrected chi connectivity index (χ3v) is 6.18. The van der Waals surface area contributed by atoms with Gasteiger partial charge in [-0.1, -0.05) is 30.3 Å². The summed E-state index contributed by atoms with van der Waals surface area (Å²) in [4.78, 5) is 18.7. The second-order valence-electron chi connectivity index (χ2n) is 8.35. The molecule has 170 valence electrons. The number of H-pyrrole nitrogens is 1. The average Bonchev–Trinajstić information content (AvgIpc) is 3.40. The van der Waals surface area contributed by atoms with Gasteiger partial charge in [-0.2, -0.15) is 5.10 Å². The van der Waals surface area contributed by atoms with Gasteiger partial charge < -0.3 is 15.4 Å². The van der Waals surface area contributed by atoms with E-state index in [4.69, 9.17) is 0 Å². The first kappa shape index (κ1) is 21.4. The molecule has 0 saturated heterocycles. The van der Waals surface area contributed by atoms with Gasteiger partial charge >= 0.3 is 0 Å². The molecular weight excluding hydrogens is 421 g/mol. The number of hydrogen-bond donors (Lipinski definition) is 3. The van der Waals surface area contributed by atoms with Crippen LogP contribution in [0.5, 0.6) is 0 Å². The minimum absolute atomic E-state index is 0.0379. The molecule has 7 nitrogen and oxygen atoms in total. The molecular formula is C25H26FN5O2. The van der Waals surface area contributed by atoms with Crippen LogP contribution in [-0.2, 0) is 32.6 Å². The van der Waals surface area contributed by atoms with Crippen LogP contribution in [0.3, 0.4) is 0 Å². The highest BCUT2D eigenvalue weighted by Crippen LogP contribution is 2.26. The van der Waals surface area contributed by atoms with Crippen LogP contribution in [0.1, 0.15) is 32.9 Å². The van der Waals surface area contributed by atoms with Crippen molar-refractivity contribution in [3.05, 3.63) is 88.6 Å². The van der Waals surface area contributed by atoms with Crippen molar-refractivity contribution in [3.8, 4) is 0 Å². The second kappa shape index (κ2) is 9.17. The minimum atomic E-state index is -0.308. The van der Waals surface area contributed by atoms with E-state index >= 15 is 0 Å². The maximum Gasteiger partial charge on any atom is 0.272 e. The lowest BCUT2D eigenvalue weighted by atomic mass is 10.0. The fraction of sp³-hybridized carbons (Fsp3) is 0.280. The molecule has 0 radical (unpaired) electrons. The van der Waals surface area contributed by atoms with Crippen LogP contribution >= 0.6 is 0 Å². The first-order valence-electron chi connectivity index (χ1n) is 11.1. The maximum absolute atomic E-state index is 13.1. The monoisotopic (exact) mass is 447 g/mol. The first-order valence-corrected chi connectivity index (χ1v) is 11.1. The average molecular weight is 448 g/mol. The van der Waals surface area contributed by atoms with Gasteiger partial charge in [0.05, 0.1) is 13.2 Å². The number of carbonyl (C=O) groups is 1. The molecule has 1 amide bonds. The number of hydrogen-bond acceptors (Lipinski definition) is 4. The summed E-state index contributed by atoms with van der Waals surface area (Å²) < 4.78 is 14.9. The third-order valence-electron chi connectivity index (χ3n) is 6.18. The summed E-state index contributed by atoms with van der Waals surface area (Å²) >= 11 is 0. The highest BCUT2D eigenvalue weighted by molar-refractivity contribution is 5.94. The summed E-state index contributed by atoms with van der Waals surface area (Å²) in [6.07, 6.45) is 2.81. The predicted octanol–water partition coefficient (Wildman–Crippen LogP) is 2.98. The van der Waals surface area contributed by atoms with Gasteiger partial charge in [-0.25, -0.2) is 4.39 Å². The Balaban J connectivity index is 1.35. The van der Waals surface area contributed by atoms with Crippen molar-refractivity contribution in [1.82, 2.24) is 25.0 Å². The number of nitrogens with one attached hydrogen (secondary N) is 2. The standard InChI is InChI=1S/C25H26FN5O2/c26-19-7-5-17(6-8-19)13-28-25(33)24-21-16-30(10-9-23(21)31(29-24)11-12-32)15-18-14-27-22-4-2-1-3-20(18)22/h1-8,14,27,32H,9-13,15-16H2,(H,28,33). The van der Waals surface area contributed by atoms with E-state index in [0.29, 0.717) is 25.3 Å². The third kappa shape index (κ3) is 4.40. The summed E-state index contributed by atoms with van der Waals surface area (Å²) in [6.45, 7) is 2.84. The Bertz CT molecular complexity index is 1280. The highest BCUT2D eigenvalue weighted by atomic mass is 19.1. The number of nitrogens with zero attached hydrogens (tertiary/aromatic N) is 3. The first-order chi connectivity index (χ1) is 16.1. The van der Waals surface area contributed by atoms with Gasteiger partial charge in [0.2, 0.25) is 0 Å². The lowest BCUT2D eigenvalue weighted by Crippen LogP contribution is -2.32. The van der Waals surface area contributed by atoms with Crippen LogP contribution in [0.15, 0.2) is 54.7 Å². The summed E-state index contributed by atoms with van der Waals surface area (Å²) in [6, 6.07) is 14.3. The van der Waals surface area contributed by atoms with Crippen LogP contribution in [0.4, 0.5) is 4.39 Å². The van der Waals surface area contributed by atoms with Gasteiger partial charge in [-0.05, 0) is 29.3 Å². The smallest absolute Gasteiger partial charge is 0.272 e. The van der Waals surface area contributed by atoms with Gasteiger partial charge in [0.15, 0.2) is 5.69 Å². The molecule has 8 heteroatoms. The zero-order valence-electron chi connectivity index (χ0n) is 18.2. The fourth-order valence-electron chi connectivity index (χ4n) is 4.52. The number of aromatic amines is 1. The normalized spacial score (nSPS) is 13.9. The van der Waals surface area contributed by atoms with Crippen LogP contribution in [0, 0.1) is 5.82 Å². The Morgan fingerprint density at radius 3 is 2.82 bits per heavy atom. The number of rotatable bonds is 7. The van der Waals surface area contributed by atoms with Crippen LogP contribution < -0.4 is 5.32 Å². The van der Waals surface area contributed by atoms with E-state index in [9.17, 15) is 14.3 Å². The number of fused-ring (bicyclic) bond motifs is 2.